The largest absolute Gasteiger partial charge is 0.336 e. The van der Waals surface area contributed by atoms with Gasteiger partial charge in [-0.05, 0) is 31.4 Å². The number of amides is 1. The fraction of sp³-hybridized carbons (Fsp3) is 0.462. The highest BCUT2D eigenvalue weighted by atomic mass is 35.5. The first-order valence-corrected chi connectivity index (χ1v) is 6.67. The maximum Gasteiger partial charge on any atom is 0.287 e. The molecule has 0 spiro atoms. The van der Waals surface area contributed by atoms with Gasteiger partial charge in [-0.3, -0.25) is 14.9 Å². The lowest BCUT2D eigenvalue weighted by Crippen LogP contribution is -2.35. The molecule has 1 atom stereocenters. The molecule has 6 heteroatoms. The van der Waals surface area contributed by atoms with Crippen molar-refractivity contribution in [3.63, 3.8) is 0 Å². The standard InChI is InChI=1S/C13H15ClN2O3/c1-2-10-4-3-7-15(10)13(17)9-5-6-12(16(18)19)11(14)8-9/h5-6,8,10H,2-4,7H2,1H3. The first kappa shape index (κ1) is 13.8. The molecule has 0 saturated carbocycles. The summed E-state index contributed by atoms with van der Waals surface area (Å²) in [5.74, 6) is -0.0962. The minimum atomic E-state index is -0.554. The summed E-state index contributed by atoms with van der Waals surface area (Å²) >= 11 is 5.83. The zero-order valence-electron chi connectivity index (χ0n) is 10.6. The molecular weight excluding hydrogens is 268 g/mol. The van der Waals surface area contributed by atoms with Crippen molar-refractivity contribution in [1.82, 2.24) is 4.90 Å². The number of rotatable bonds is 3. The predicted molar refractivity (Wildman–Crippen MR) is 72.5 cm³/mol. The first-order valence-electron chi connectivity index (χ1n) is 6.29. The minimum absolute atomic E-state index is 0.00287. The van der Waals surface area contributed by atoms with Crippen LogP contribution in [0.1, 0.15) is 36.5 Å². The molecule has 1 amide bonds. The number of halogens is 1. The van der Waals surface area contributed by atoms with Gasteiger partial charge in [-0.2, -0.15) is 0 Å². The molecular formula is C13H15ClN2O3. The number of carbonyl (C=O) groups is 1. The van der Waals surface area contributed by atoms with Gasteiger partial charge in [-0.25, -0.2) is 0 Å². The summed E-state index contributed by atoms with van der Waals surface area (Å²) in [6.07, 6.45) is 2.94. The average molecular weight is 283 g/mol. The Hall–Kier alpha value is -1.62. The number of likely N-dealkylation sites (tertiary alicyclic amines) is 1. The number of benzene rings is 1. The van der Waals surface area contributed by atoms with E-state index in [9.17, 15) is 14.9 Å². The van der Waals surface area contributed by atoms with Crippen LogP contribution >= 0.6 is 11.6 Å². The van der Waals surface area contributed by atoms with Crippen LogP contribution in [0.15, 0.2) is 18.2 Å². The third-order valence-corrected chi connectivity index (χ3v) is 3.80. The molecule has 1 aromatic carbocycles. The number of hydrogen-bond donors (Lipinski definition) is 0. The molecule has 0 bridgehead atoms. The molecule has 0 N–H and O–H groups in total. The molecule has 2 rings (SSSR count). The van der Waals surface area contributed by atoms with Crippen molar-refractivity contribution in [2.45, 2.75) is 32.2 Å². The van der Waals surface area contributed by atoms with Crippen molar-refractivity contribution in [3.8, 4) is 0 Å². The van der Waals surface area contributed by atoms with Crippen LogP contribution in [-0.4, -0.2) is 28.3 Å². The number of nitrogens with zero attached hydrogens (tertiary/aromatic N) is 2. The highest BCUT2D eigenvalue weighted by molar-refractivity contribution is 6.33. The van der Waals surface area contributed by atoms with Crippen LogP contribution in [0.4, 0.5) is 5.69 Å². The monoisotopic (exact) mass is 282 g/mol. The van der Waals surface area contributed by atoms with Gasteiger partial charge in [0.2, 0.25) is 0 Å². The van der Waals surface area contributed by atoms with Gasteiger partial charge in [0.05, 0.1) is 4.92 Å². The van der Waals surface area contributed by atoms with Gasteiger partial charge in [-0.15, -0.1) is 0 Å². The number of nitro groups is 1. The topological polar surface area (TPSA) is 63.5 Å². The van der Waals surface area contributed by atoms with Crippen molar-refractivity contribution in [3.05, 3.63) is 38.9 Å². The van der Waals surface area contributed by atoms with Crippen molar-refractivity contribution >= 4 is 23.2 Å². The van der Waals surface area contributed by atoms with E-state index in [1.54, 1.807) is 0 Å². The highest BCUT2D eigenvalue weighted by Crippen LogP contribution is 2.27. The molecule has 5 nitrogen and oxygen atoms in total. The summed E-state index contributed by atoms with van der Waals surface area (Å²) in [4.78, 5) is 24.3. The lowest BCUT2D eigenvalue weighted by atomic mass is 10.1. The fourth-order valence-corrected chi connectivity index (χ4v) is 2.73. The van der Waals surface area contributed by atoms with E-state index in [1.807, 2.05) is 4.90 Å². The third kappa shape index (κ3) is 2.71. The molecule has 19 heavy (non-hydrogen) atoms. The number of nitro benzene ring substituents is 1. The van der Waals surface area contributed by atoms with Crippen LogP contribution in [0.2, 0.25) is 5.02 Å². The molecule has 0 aliphatic carbocycles. The lowest BCUT2D eigenvalue weighted by molar-refractivity contribution is -0.384. The van der Waals surface area contributed by atoms with Gasteiger partial charge < -0.3 is 4.90 Å². The summed E-state index contributed by atoms with van der Waals surface area (Å²) in [5.41, 5.74) is 0.239. The second kappa shape index (κ2) is 5.57. The number of carbonyl (C=O) groups excluding carboxylic acids is 1. The lowest BCUT2D eigenvalue weighted by Gasteiger charge is -2.23. The average Bonchev–Trinajstić information content (AvgIpc) is 2.85. The van der Waals surface area contributed by atoms with E-state index in [4.69, 9.17) is 11.6 Å². The first-order chi connectivity index (χ1) is 9.04. The van der Waals surface area contributed by atoms with Crippen molar-refractivity contribution in [1.29, 1.82) is 0 Å². The quantitative estimate of drug-likeness (QED) is 0.631. The summed E-state index contributed by atoms with van der Waals surface area (Å²) in [6.45, 7) is 2.80. The minimum Gasteiger partial charge on any atom is -0.336 e. The molecule has 0 aromatic heterocycles. The van der Waals surface area contributed by atoms with E-state index in [0.717, 1.165) is 25.8 Å². The third-order valence-electron chi connectivity index (χ3n) is 3.50. The van der Waals surface area contributed by atoms with Crippen molar-refractivity contribution in [2.24, 2.45) is 0 Å². The van der Waals surface area contributed by atoms with Gasteiger partial charge in [0.15, 0.2) is 0 Å². The van der Waals surface area contributed by atoms with Crippen LogP contribution in [0.5, 0.6) is 0 Å². The summed E-state index contributed by atoms with van der Waals surface area (Å²) < 4.78 is 0. The van der Waals surface area contributed by atoms with Crippen LogP contribution in [-0.2, 0) is 0 Å². The Morgan fingerprint density at radius 1 is 1.58 bits per heavy atom. The highest BCUT2D eigenvalue weighted by Gasteiger charge is 2.28. The van der Waals surface area contributed by atoms with E-state index in [1.165, 1.54) is 18.2 Å². The fourth-order valence-electron chi connectivity index (χ4n) is 2.48. The SMILES string of the molecule is CCC1CCCN1C(=O)c1ccc([N+](=O)[O-])c(Cl)c1. The maximum atomic E-state index is 12.3. The Kier molecular flexibility index (Phi) is 4.04. The van der Waals surface area contributed by atoms with E-state index in [-0.39, 0.29) is 22.7 Å². The second-order valence-electron chi connectivity index (χ2n) is 4.63. The van der Waals surface area contributed by atoms with E-state index in [2.05, 4.69) is 6.92 Å². The predicted octanol–water partition coefficient (Wildman–Crippen LogP) is 3.26. The van der Waals surface area contributed by atoms with Crippen LogP contribution in [0, 0.1) is 10.1 Å². The molecule has 1 fully saturated rings. The van der Waals surface area contributed by atoms with Crippen molar-refractivity contribution < 1.29 is 9.72 Å². The van der Waals surface area contributed by atoms with Gasteiger partial charge in [-0.1, -0.05) is 18.5 Å². The van der Waals surface area contributed by atoms with Gasteiger partial charge in [0.25, 0.3) is 11.6 Å². The van der Waals surface area contributed by atoms with E-state index in [0.29, 0.717) is 5.56 Å². The van der Waals surface area contributed by atoms with Gasteiger partial charge in [0.1, 0.15) is 5.02 Å². The Balaban J connectivity index is 2.25. The van der Waals surface area contributed by atoms with Crippen LogP contribution in [0.3, 0.4) is 0 Å². The maximum absolute atomic E-state index is 12.3. The van der Waals surface area contributed by atoms with Crippen molar-refractivity contribution in [2.75, 3.05) is 6.54 Å². The Labute approximate surface area is 116 Å². The van der Waals surface area contributed by atoms with Gasteiger partial charge in [0, 0.05) is 24.2 Å². The van der Waals surface area contributed by atoms with E-state index < -0.39 is 4.92 Å². The van der Waals surface area contributed by atoms with Crippen LogP contribution < -0.4 is 0 Å². The summed E-state index contributed by atoms with van der Waals surface area (Å²) in [5, 5.41) is 10.7. The normalized spacial score (nSPS) is 18.6. The van der Waals surface area contributed by atoms with Crippen LogP contribution in [0.25, 0.3) is 0 Å². The summed E-state index contributed by atoms with van der Waals surface area (Å²) in [7, 11) is 0. The molecule has 0 radical (unpaired) electrons. The second-order valence-corrected chi connectivity index (χ2v) is 5.03. The summed E-state index contributed by atoms with van der Waals surface area (Å²) in [6, 6.07) is 4.40. The Morgan fingerprint density at radius 3 is 2.89 bits per heavy atom. The molecule has 1 aromatic rings. The molecule has 1 aliphatic rings. The zero-order chi connectivity index (χ0) is 14.0. The smallest absolute Gasteiger partial charge is 0.287 e. The molecule has 1 heterocycles. The van der Waals surface area contributed by atoms with Gasteiger partial charge >= 0.3 is 0 Å². The van der Waals surface area contributed by atoms with E-state index >= 15 is 0 Å². The molecule has 102 valence electrons. The molecule has 1 saturated heterocycles. The molecule has 1 aliphatic heterocycles. The Bertz CT molecular complexity index is 519. The zero-order valence-corrected chi connectivity index (χ0v) is 11.4. The number of hydrogen-bond acceptors (Lipinski definition) is 3. The Morgan fingerprint density at radius 2 is 2.32 bits per heavy atom. The molecule has 1 unspecified atom stereocenters.